The molecule has 0 aliphatic carbocycles. The van der Waals surface area contributed by atoms with Crippen LogP contribution in [0.3, 0.4) is 0 Å². The molecule has 0 atom stereocenters. The first-order valence-corrected chi connectivity index (χ1v) is 7.76. The van der Waals surface area contributed by atoms with Gasteiger partial charge in [-0.25, -0.2) is 0 Å². The van der Waals surface area contributed by atoms with E-state index < -0.39 is 0 Å². The van der Waals surface area contributed by atoms with Crippen molar-refractivity contribution in [2.24, 2.45) is 0 Å². The molecule has 0 aliphatic heterocycles. The SMILES string of the molecule is COc1ccc(OCC(=O)NCCCc2ccc(C)cc2)cc1. The maximum absolute atomic E-state index is 11.7. The smallest absolute Gasteiger partial charge is 0.257 e. The molecule has 1 amide bonds. The van der Waals surface area contributed by atoms with Gasteiger partial charge in [0.15, 0.2) is 6.61 Å². The van der Waals surface area contributed by atoms with Gasteiger partial charge in [0.25, 0.3) is 5.91 Å². The zero-order valence-electron chi connectivity index (χ0n) is 13.7. The second kappa shape index (κ2) is 8.83. The van der Waals surface area contributed by atoms with Gasteiger partial charge in [0.1, 0.15) is 11.5 Å². The van der Waals surface area contributed by atoms with E-state index in [2.05, 4.69) is 36.5 Å². The molecule has 1 N–H and O–H groups in total. The van der Waals surface area contributed by atoms with E-state index in [1.54, 1.807) is 31.4 Å². The van der Waals surface area contributed by atoms with Crippen LogP contribution in [0.4, 0.5) is 0 Å². The van der Waals surface area contributed by atoms with E-state index in [0.717, 1.165) is 18.6 Å². The lowest BCUT2D eigenvalue weighted by molar-refractivity contribution is -0.123. The Labute approximate surface area is 137 Å². The summed E-state index contributed by atoms with van der Waals surface area (Å²) in [6.45, 7) is 2.75. The molecule has 122 valence electrons. The Bertz CT molecular complexity index is 606. The van der Waals surface area contributed by atoms with Crippen LogP contribution in [0.25, 0.3) is 0 Å². The van der Waals surface area contributed by atoms with Gasteiger partial charge in [-0.2, -0.15) is 0 Å². The Kier molecular flexibility index (Phi) is 6.48. The van der Waals surface area contributed by atoms with Gasteiger partial charge < -0.3 is 14.8 Å². The monoisotopic (exact) mass is 313 g/mol. The van der Waals surface area contributed by atoms with Crippen LogP contribution in [0, 0.1) is 6.92 Å². The molecule has 0 aromatic heterocycles. The van der Waals surface area contributed by atoms with Gasteiger partial charge in [-0.3, -0.25) is 4.79 Å². The van der Waals surface area contributed by atoms with Crippen molar-refractivity contribution >= 4 is 5.91 Å². The molecule has 4 nitrogen and oxygen atoms in total. The van der Waals surface area contributed by atoms with Crippen LogP contribution in [0.1, 0.15) is 17.5 Å². The highest BCUT2D eigenvalue weighted by Gasteiger charge is 2.02. The van der Waals surface area contributed by atoms with Gasteiger partial charge in [0.05, 0.1) is 7.11 Å². The van der Waals surface area contributed by atoms with Crippen molar-refractivity contribution in [2.45, 2.75) is 19.8 Å². The maximum Gasteiger partial charge on any atom is 0.257 e. The van der Waals surface area contributed by atoms with Crippen molar-refractivity contribution < 1.29 is 14.3 Å². The fourth-order valence-corrected chi connectivity index (χ4v) is 2.15. The summed E-state index contributed by atoms with van der Waals surface area (Å²) < 4.78 is 10.5. The van der Waals surface area contributed by atoms with Crippen molar-refractivity contribution in [1.82, 2.24) is 5.32 Å². The van der Waals surface area contributed by atoms with Gasteiger partial charge >= 0.3 is 0 Å². The Balaban J connectivity index is 1.62. The molecular formula is C19H23NO3. The number of carbonyl (C=O) groups excluding carboxylic acids is 1. The van der Waals surface area contributed by atoms with Gasteiger partial charge in [-0.1, -0.05) is 29.8 Å². The average molecular weight is 313 g/mol. The standard InChI is InChI=1S/C19H23NO3/c1-15-5-7-16(8-6-15)4-3-13-20-19(21)14-23-18-11-9-17(22-2)10-12-18/h5-12H,3-4,13-14H2,1-2H3,(H,20,21). The van der Waals surface area contributed by atoms with Crippen molar-refractivity contribution in [1.29, 1.82) is 0 Å². The zero-order chi connectivity index (χ0) is 16.5. The minimum absolute atomic E-state index is 0.0247. The number of methoxy groups -OCH3 is 1. The molecule has 0 bridgehead atoms. The quantitative estimate of drug-likeness (QED) is 0.762. The number of benzene rings is 2. The van der Waals surface area contributed by atoms with Crippen LogP contribution < -0.4 is 14.8 Å². The van der Waals surface area contributed by atoms with E-state index in [0.29, 0.717) is 12.3 Å². The van der Waals surface area contributed by atoms with Gasteiger partial charge in [-0.15, -0.1) is 0 Å². The Morgan fingerprint density at radius 3 is 2.30 bits per heavy atom. The summed E-state index contributed by atoms with van der Waals surface area (Å²) in [4.78, 5) is 11.7. The fourth-order valence-electron chi connectivity index (χ4n) is 2.15. The lowest BCUT2D eigenvalue weighted by atomic mass is 10.1. The first kappa shape index (κ1) is 16.9. The van der Waals surface area contributed by atoms with Crippen molar-refractivity contribution in [3.05, 3.63) is 59.7 Å². The van der Waals surface area contributed by atoms with E-state index in [-0.39, 0.29) is 12.5 Å². The second-order valence-electron chi connectivity index (χ2n) is 5.40. The van der Waals surface area contributed by atoms with Crippen LogP contribution in [0.5, 0.6) is 11.5 Å². The maximum atomic E-state index is 11.7. The molecule has 0 saturated heterocycles. The zero-order valence-corrected chi connectivity index (χ0v) is 13.7. The summed E-state index contributed by atoms with van der Waals surface area (Å²) in [5, 5.41) is 2.87. The number of carbonyl (C=O) groups is 1. The van der Waals surface area contributed by atoms with Gasteiger partial charge in [-0.05, 0) is 49.6 Å². The molecule has 0 spiro atoms. The van der Waals surface area contributed by atoms with Crippen LogP contribution in [0.2, 0.25) is 0 Å². The summed E-state index contributed by atoms with van der Waals surface area (Å²) in [6, 6.07) is 15.6. The normalized spacial score (nSPS) is 10.2. The highest BCUT2D eigenvalue weighted by atomic mass is 16.5. The summed E-state index contributed by atoms with van der Waals surface area (Å²) in [5.41, 5.74) is 2.55. The van der Waals surface area contributed by atoms with Crippen LogP contribution in [-0.4, -0.2) is 26.2 Å². The molecule has 0 unspecified atom stereocenters. The minimum Gasteiger partial charge on any atom is -0.497 e. The first-order chi connectivity index (χ1) is 11.2. The van der Waals surface area contributed by atoms with Crippen LogP contribution >= 0.6 is 0 Å². The van der Waals surface area contributed by atoms with E-state index >= 15 is 0 Å². The number of nitrogens with one attached hydrogen (secondary N) is 1. The molecular weight excluding hydrogens is 290 g/mol. The van der Waals surface area contributed by atoms with E-state index in [1.807, 2.05) is 0 Å². The lowest BCUT2D eigenvalue weighted by Crippen LogP contribution is -2.29. The molecule has 0 radical (unpaired) electrons. The molecule has 0 saturated carbocycles. The predicted molar refractivity (Wildman–Crippen MR) is 91.0 cm³/mol. The topological polar surface area (TPSA) is 47.6 Å². The number of amides is 1. The summed E-state index contributed by atoms with van der Waals surface area (Å²) in [5.74, 6) is 1.31. The van der Waals surface area contributed by atoms with Crippen LogP contribution in [0.15, 0.2) is 48.5 Å². The number of ether oxygens (including phenoxy) is 2. The van der Waals surface area contributed by atoms with E-state index in [9.17, 15) is 4.79 Å². The van der Waals surface area contributed by atoms with Crippen LogP contribution in [-0.2, 0) is 11.2 Å². The highest BCUT2D eigenvalue weighted by molar-refractivity contribution is 5.77. The molecule has 0 fully saturated rings. The largest absolute Gasteiger partial charge is 0.497 e. The molecule has 4 heteroatoms. The number of hydrogen-bond donors (Lipinski definition) is 1. The first-order valence-electron chi connectivity index (χ1n) is 7.76. The third-order valence-electron chi connectivity index (χ3n) is 3.51. The Morgan fingerprint density at radius 2 is 1.65 bits per heavy atom. The Hall–Kier alpha value is -2.49. The molecule has 2 rings (SSSR count). The minimum atomic E-state index is -0.107. The number of rotatable bonds is 8. The summed E-state index contributed by atoms with van der Waals surface area (Å²) >= 11 is 0. The van der Waals surface area contributed by atoms with Gasteiger partial charge in [0.2, 0.25) is 0 Å². The van der Waals surface area contributed by atoms with E-state index in [1.165, 1.54) is 11.1 Å². The third-order valence-corrected chi connectivity index (χ3v) is 3.51. The van der Waals surface area contributed by atoms with E-state index in [4.69, 9.17) is 9.47 Å². The number of aryl methyl sites for hydroxylation is 2. The van der Waals surface area contributed by atoms with Crippen molar-refractivity contribution in [3.63, 3.8) is 0 Å². The summed E-state index contributed by atoms with van der Waals surface area (Å²) in [7, 11) is 1.61. The van der Waals surface area contributed by atoms with Gasteiger partial charge in [0, 0.05) is 6.54 Å². The van der Waals surface area contributed by atoms with Crippen molar-refractivity contribution in [2.75, 3.05) is 20.3 Å². The Morgan fingerprint density at radius 1 is 1.00 bits per heavy atom. The molecule has 0 heterocycles. The average Bonchev–Trinajstić information content (AvgIpc) is 2.59. The molecule has 2 aromatic rings. The lowest BCUT2D eigenvalue weighted by Gasteiger charge is -2.08. The molecule has 0 aliphatic rings. The summed E-state index contributed by atoms with van der Waals surface area (Å²) in [6.07, 6.45) is 1.87. The number of hydrogen-bond acceptors (Lipinski definition) is 3. The highest BCUT2D eigenvalue weighted by Crippen LogP contribution is 2.16. The third kappa shape index (κ3) is 6.02. The fraction of sp³-hybridized carbons (Fsp3) is 0.316. The molecule has 23 heavy (non-hydrogen) atoms. The predicted octanol–water partition coefficient (Wildman–Crippen LogP) is 3.13. The second-order valence-corrected chi connectivity index (χ2v) is 5.40. The van der Waals surface area contributed by atoms with Crippen molar-refractivity contribution in [3.8, 4) is 11.5 Å². The molecule has 2 aromatic carbocycles.